The molecule has 7 nitrogen and oxygen atoms in total. The lowest BCUT2D eigenvalue weighted by Crippen LogP contribution is -2.37. The van der Waals surface area contributed by atoms with Crippen LogP contribution in [0, 0.1) is 5.82 Å². The third kappa shape index (κ3) is 3.68. The molecule has 0 radical (unpaired) electrons. The summed E-state index contributed by atoms with van der Waals surface area (Å²) in [6, 6.07) is 11.0. The Balaban J connectivity index is 1.32. The Labute approximate surface area is 191 Å². The van der Waals surface area contributed by atoms with Gasteiger partial charge in [-0.1, -0.05) is 16.9 Å². The van der Waals surface area contributed by atoms with E-state index in [2.05, 4.69) is 31.6 Å². The van der Waals surface area contributed by atoms with Crippen molar-refractivity contribution in [2.75, 3.05) is 26.7 Å². The van der Waals surface area contributed by atoms with Gasteiger partial charge in [0, 0.05) is 42.2 Å². The summed E-state index contributed by atoms with van der Waals surface area (Å²) in [5.74, 6) is 1.95. The number of benzene rings is 2. The van der Waals surface area contributed by atoms with Crippen LogP contribution in [-0.4, -0.2) is 52.3 Å². The predicted octanol–water partition coefficient (Wildman–Crippen LogP) is 3.87. The van der Waals surface area contributed by atoms with Crippen molar-refractivity contribution in [1.82, 2.24) is 25.5 Å². The molecule has 0 spiro atoms. The van der Waals surface area contributed by atoms with Gasteiger partial charge < -0.3 is 14.4 Å². The summed E-state index contributed by atoms with van der Waals surface area (Å²) in [5, 5.41) is 14.8. The third-order valence-electron chi connectivity index (χ3n) is 7.19. The fraction of sp³-hybridized carbons (Fsp3) is 0.400. The number of methoxy groups -OCH3 is 1. The summed E-state index contributed by atoms with van der Waals surface area (Å²) in [7, 11) is 1.67. The van der Waals surface area contributed by atoms with E-state index in [1.165, 1.54) is 23.3 Å². The molecule has 1 aliphatic carbocycles. The summed E-state index contributed by atoms with van der Waals surface area (Å²) < 4.78 is 25.5. The number of hydrogen-bond acceptors (Lipinski definition) is 6. The summed E-state index contributed by atoms with van der Waals surface area (Å²) in [6.45, 7) is 3.30. The fourth-order valence-corrected chi connectivity index (χ4v) is 5.21. The predicted molar refractivity (Wildman–Crippen MR) is 121 cm³/mol. The second kappa shape index (κ2) is 7.95. The number of nitrogens with one attached hydrogen (secondary N) is 1. The standard InChI is InChI=1S/C25H26FN5O2/c1-32-19-3-5-20-17(12-19)14-33-22-13-18(26)2-4-21(22)23(20)16-6-10-31(11-7-16)15-25(8-9-25)24-27-29-30-28-24/h2-5,12-13H,6-11,14-15H2,1H3,(H,27,28,29,30). The number of tetrazole rings is 1. The number of rotatable bonds is 4. The number of H-pyrrole nitrogens is 1. The molecule has 33 heavy (non-hydrogen) atoms. The Hall–Kier alpha value is -3.26. The van der Waals surface area contributed by atoms with Crippen LogP contribution in [-0.2, 0) is 12.0 Å². The van der Waals surface area contributed by atoms with Crippen molar-refractivity contribution in [3.8, 4) is 11.5 Å². The maximum absolute atomic E-state index is 14.0. The van der Waals surface area contributed by atoms with E-state index in [1.807, 2.05) is 18.2 Å². The van der Waals surface area contributed by atoms with Crippen LogP contribution < -0.4 is 9.47 Å². The van der Waals surface area contributed by atoms with E-state index in [0.29, 0.717) is 12.4 Å². The van der Waals surface area contributed by atoms with Crippen LogP contribution in [0.5, 0.6) is 11.5 Å². The molecule has 1 aromatic heterocycles. The molecule has 1 saturated carbocycles. The summed E-state index contributed by atoms with van der Waals surface area (Å²) >= 11 is 0. The van der Waals surface area contributed by atoms with Gasteiger partial charge in [-0.3, -0.25) is 0 Å². The van der Waals surface area contributed by atoms with Crippen molar-refractivity contribution in [2.45, 2.75) is 37.7 Å². The SMILES string of the molecule is COc1ccc2c(c1)COc1cc(F)ccc1C2=C1CCN(CC2(c3nn[nH]n3)CC2)CC1. The Morgan fingerprint density at radius 2 is 1.94 bits per heavy atom. The number of aromatic amines is 1. The first kappa shape index (κ1) is 20.4. The van der Waals surface area contributed by atoms with Gasteiger partial charge in [-0.25, -0.2) is 4.39 Å². The molecule has 1 N–H and O–H groups in total. The third-order valence-corrected chi connectivity index (χ3v) is 7.19. The molecule has 8 heteroatoms. The van der Waals surface area contributed by atoms with Gasteiger partial charge in [0.2, 0.25) is 0 Å². The molecule has 0 bridgehead atoms. The maximum atomic E-state index is 14.0. The lowest BCUT2D eigenvalue weighted by molar-refractivity contribution is 0.231. The lowest BCUT2D eigenvalue weighted by Gasteiger charge is -2.32. The number of fused-ring (bicyclic) bond motifs is 2. The fourth-order valence-electron chi connectivity index (χ4n) is 5.21. The van der Waals surface area contributed by atoms with Crippen molar-refractivity contribution in [3.05, 3.63) is 70.3 Å². The van der Waals surface area contributed by atoms with Crippen molar-refractivity contribution in [1.29, 1.82) is 0 Å². The molecular weight excluding hydrogens is 421 g/mol. The molecule has 3 heterocycles. The minimum Gasteiger partial charge on any atom is -0.497 e. The zero-order valence-corrected chi connectivity index (χ0v) is 18.6. The van der Waals surface area contributed by atoms with Crippen molar-refractivity contribution in [3.63, 3.8) is 0 Å². The molecule has 2 fully saturated rings. The van der Waals surface area contributed by atoms with E-state index in [1.54, 1.807) is 7.11 Å². The first-order chi connectivity index (χ1) is 16.1. The quantitative estimate of drug-likeness (QED) is 0.654. The molecule has 2 aromatic carbocycles. The van der Waals surface area contributed by atoms with Gasteiger partial charge in [0.25, 0.3) is 0 Å². The molecule has 0 atom stereocenters. The molecule has 0 amide bonds. The molecule has 3 aromatic rings. The van der Waals surface area contributed by atoms with Gasteiger partial charge in [-0.05, 0) is 61.1 Å². The number of aromatic nitrogens is 4. The summed E-state index contributed by atoms with van der Waals surface area (Å²) in [6.07, 6.45) is 4.14. The number of piperidine rings is 1. The average molecular weight is 448 g/mol. The highest BCUT2D eigenvalue weighted by atomic mass is 19.1. The molecule has 170 valence electrons. The van der Waals surface area contributed by atoms with E-state index >= 15 is 0 Å². The Bertz CT molecular complexity index is 1210. The molecule has 1 saturated heterocycles. The van der Waals surface area contributed by atoms with Crippen LogP contribution in [0.15, 0.2) is 42.0 Å². The van der Waals surface area contributed by atoms with E-state index in [-0.39, 0.29) is 11.2 Å². The average Bonchev–Trinajstić information content (AvgIpc) is 3.44. The number of halogens is 1. The minimum absolute atomic E-state index is 0.0566. The van der Waals surface area contributed by atoms with Crippen LogP contribution in [0.3, 0.4) is 0 Å². The van der Waals surface area contributed by atoms with E-state index in [9.17, 15) is 4.39 Å². The van der Waals surface area contributed by atoms with E-state index in [4.69, 9.17) is 9.47 Å². The van der Waals surface area contributed by atoms with Crippen LogP contribution in [0.1, 0.15) is 48.2 Å². The van der Waals surface area contributed by atoms with Crippen LogP contribution in [0.25, 0.3) is 5.57 Å². The number of ether oxygens (including phenoxy) is 2. The highest BCUT2D eigenvalue weighted by molar-refractivity contribution is 5.87. The Morgan fingerprint density at radius 3 is 2.67 bits per heavy atom. The zero-order valence-electron chi connectivity index (χ0n) is 18.6. The summed E-state index contributed by atoms with van der Waals surface area (Å²) in [5.41, 5.74) is 5.80. The second-order valence-electron chi connectivity index (χ2n) is 9.22. The Morgan fingerprint density at radius 1 is 1.12 bits per heavy atom. The minimum atomic E-state index is -0.285. The van der Waals surface area contributed by atoms with Crippen molar-refractivity contribution >= 4 is 5.57 Å². The number of likely N-dealkylation sites (tertiary alicyclic amines) is 1. The highest BCUT2D eigenvalue weighted by Gasteiger charge is 2.49. The largest absolute Gasteiger partial charge is 0.497 e. The molecule has 2 aliphatic heterocycles. The molecular formula is C25H26FN5O2. The normalized spacial score (nSPS) is 19.3. The zero-order chi connectivity index (χ0) is 22.4. The van der Waals surface area contributed by atoms with E-state index < -0.39 is 0 Å². The second-order valence-corrected chi connectivity index (χ2v) is 9.22. The maximum Gasteiger partial charge on any atom is 0.181 e. The van der Waals surface area contributed by atoms with Crippen molar-refractivity contribution in [2.24, 2.45) is 0 Å². The van der Waals surface area contributed by atoms with Gasteiger partial charge >= 0.3 is 0 Å². The van der Waals surface area contributed by atoms with Crippen LogP contribution in [0.4, 0.5) is 4.39 Å². The van der Waals surface area contributed by atoms with Gasteiger partial charge in [-0.15, -0.1) is 10.2 Å². The van der Waals surface area contributed by atoms with Crippen molar-refractivity contribution < 1.29 is 13.9 Å². The van der Waals surface area contributed by atoms with Gasteiger partial charge in [-0.2, -0.15) is 5.21 Å². The van der Waals surface area contributed by atoms with Gasteiger partial charge in [0.1, 0.15) is 23.9 Å². The number of nitrogens with zero attached hydrogens (tertiary/aromatic N) is 4. The Kier molecular flexibility index (Phi) is 4.90. The smallest absolute Gasteiger partial charge is 0.181 e. The highest BCUT2D eigenvalue weighted by Crippen LogP contribution is 2.48. The van der Waals surface area contributed by atoms with Crippen LogP contribution in [0.2, 0.25) is 0 Å². The number of hydrogen-bond donors (Lipinski definition) is 1. The molecule has 6 rings (SSSR count). The molecule has 0 unspecified atom stereocenters. The molecule has 3 aliphatic rings. The monoisotopic (exact) mass is 447 g/mol. The first-order valence-electron chi connectivity index (χ1n) is 11.4. The lowest BCUT2D eigenvalue weighted by atomic mass is 9.86. The topological polar surface area (TPSA) is 76.2 Å². The van der Waals surface area contributed by atoms with Gasteiger partial charge in [0.05, 0.1) is 7.11 Å². The van der Waals surface area contributed by atoms with Gasteiger partial charge in [0.15, 0.2) is 5.82 Å². The van der Waals surface area contributed by atoms with Crippen LogP contribution >= 0.6 is 0 Å². The first-order valence-corrected chi connectivity index (χ1v) is 11.4. The summed E-state index contributed by atoms with van der Waals surface area (Å²) in [4.78, 5) is 2.52. The van der Waals surface area contributed by atoms with E-state index in [0.717, 1.165) is 73.6 Å².